The molecule has 4 aromatic rings. The van der Waals surface area contributed by atoms with Gasteiger partial charge < -0.3 is 14.6 Å². The lowest BCUT2D eigenvalue weighted by atomic mass is 10.1. The molecule has 0 saturated heterocycles. The van der Waals surface area contributed by atoms with E-state index in [1.54, 1.807) is 37.4 Å². The third kappa shape index (κ3) is 3.79. The second kappa shape index (κ2) is 7.71. The summed E-state index contributed by atoms with van der Waals surface area (Å²) in [6, 6.07) is 15.8. The maximum absolute atomic E-state index is 12.9. The average molecular weight is 416 g/mol. The maximum Gasteiger partial charge on any atom is 0.258 e. The van der Waals surface area contributed by atoms with Crippen LogP contribution in [-0.4, -0.2) is 27.7 Å². The third-order valence-electron chi connectivity index (χ3n) is 5.31. The molecule has 8 heteroatoms. The fourth-order valence-corrected chi connectivity index (χ4v) is 3.54. The smallest absolute Gasteiger partial charge is 0.258 e. The highest BCUT2D eigenvalue weighted by molar-refractivity contribution is 5.95. The summed E-state index contributed by atoms with van der Waals surface area (Å²) in [7, 11) is 1.58. The largest absolute Gasteiger partial charge is 0.497 e. The van der Waals surface area contributed by atoms with Crippen molar-refractivity contribution < 1.29 is 14.1 Å². The van der Waals surface area contributed by atoms with Crippen LogP contribution in [0.4, 0.5) is 5.69 Å². The quantitative estimate of drug-likeness (QED) is 0.516. The lowest BCUT2D eigenvalue weighted by Gasteiger charge is -2.12. The summed E-state index contributed by atoms with van der Waals surface area (Å²) in [6.07, 6.45) is 2.12. The summed E-state index contributed by atoms with van der Waals surface area (Å²) in [5.41, 5.74) is 1.51. The highest BCUT2D eigenvalue weighted by atomic mass is 16.5. The van der Waals surface area contributed by atoms with Crippen LogP contribution in [0.3, 0.4) is 0 Å². The zero-order chi connectivity index (χ0) is 21.4. The second-order valence-electron chi connectivity index (χ2n) is 7.51. The number of nitrogens with zero attached hydrogens (tertiary/aromatic N) is 3. The molecule has 0 bridgehead atoms. The van der Waals surface area contributed by atoms with E-state index in [1.165, 1.54) is 10.6 Å². The predicted octanol–water partition coefficient (Wildman–Crippen LogP) is 3.58. The number of pyridine rings is 1. The molecule has 0 atom stereocenters. The van der Waals surface area contributed by atoms with Gasteiger partial charge in [-0.1, -0.05) is 23.4 Å². The van der Waals surface area contributed by atoms with Crippen molar-refractivity contribution in [1.29, 1.82) is 0 Å². The minimum absolute atomic E-state index is 0.122. The summed E-state index contributed by atoms with van der Waals surface area (Å²) in [6.45, 7) is -0.122. The minimum atomic E-state index is -0.315. The van der Waals surface area contributed by atoms with E-state index in [-0.39, 0.29) is 18.0 Å². The highest BCUT2D eigenvalue weighted by Crippen LogP contribution is 2.39. The first-order valence-electron chi connectivity index (χ1n) is 10.0. The molecular formula is C23H20N4O4. The Morgan fingerprint density at radius 1 is 1.19 bits per heavy atom. The Bertz CT molecular complexity index is 1320. The van der Waals surface area contributed by atoms with Gasteiger partial charge in [0.1, 0.15) is 12.3 Å². The van der Waals surface area contributed by atoms with Crippen LogP contribution < -0.4 is 15.6 Å². The Morgan fingerprint density at radius 3 is 2.71 bits per heavy atom. The van der Waals surface area contributed by atoms with E-state index in [9.17, 15) is 9.59 Å². The number of aromatic nitrogens is 3. The molecule has 1 N–H and O–H groups in total. The number of hydrogen-bond acceptors (Lipinski definition) is 6. The van der Waals surface area contributed by atoms with E-state index < -0.39 is 0 Å². The molecule has 0 spiro atoms. The molecule has 1 fully saturated rings. The van der Waals surface area contributed by atoms with Crippen LogP contribution in [0.15, 0.2) is 63.9 Å². The number of hydrogen-bond donors (Lipinski definition) is 1. The number of carbonyl (C=O) groups excluding carboxylic acids is 1. The van der Waals surface area contributed by atoms with Crippen molar-refractivity contribution in [1.82, 2.24) is 14.7 Å². The minimum Gasteiger partial charge on any atom is -0.497 e. The molecule has 1 aliphatic rings. The number of amides is 1. The molecular weight excluding hydrogens is 396 g/mol. The Kier molecular flexibility index (Phi) is 4.74. The molecule has 156 valence electrons. The molecule has 1 saturated carbocycles. The summed E-state index contributed by atoms with van der Waals surface area (Å²) in [4.78, 5) is 30.0. The SMILES string of the molecule is COc1ccc(NC(=O)Cn2c(=O)cc(-c3nc(C4CC4)no3)c3ccccc32)cc1. The number of methoxy groups -OCH3 is 1. The van der Waals surface area contributed by atoms with Crippen LogP contribution in [0.25, 0.3) is 22.4 Å². The van der Waals surface area contributed by atoms with E-state index in [2.05, 4.69) is 15.5 Å². The maximum atomic E-state index is 12.9. The number of carbonyl (C=O) groups is 1. The molecule has 0 aliphatic heterocycles. The number of nitrogens with one attached hydrogen (secondary N) is 1. The average Bonchev–Trinajstić information content (AvgIpc) is 3.53. The molecule has 0 unspecified atom stereocenters. The molecule has 2 aromatic heterocycles. The topological polar surface area (TPSA) is 99.2 Å². The van der Waals surface area contributed by atoms with Crippen LogP contribution in [0.2, 0.25) is 0 Å². The molecule has 1 aliphatic carbocycles. The molecule has 1 amide bonds. The monoisotopic (exact) mass is 416 g/mol. The fourth-order valence-electron chi connectivity index (χ4n) is 3.54. The van der Waals surface area contributed by atoms with Gasteiger partial charge in [-0.2, -0.15) is 4.98 Å². The molecule has 8 nitrogen and oxygen atoms in total. The van der Waals surface area contributed by atoms with Crippen molar-refractivity contribution in [2.75, 3.05) is 12.4 Å². The van der Waals surface area contributed by atoms with E-state index >= 15 is 0 Å². The predicted molar refractivity (Wildman–Crippen MR) is 115 cm³/mol. The van der Waals surface area contributed by atoms with E-state index in [0.717, 1.165) is 18.2 Å². The van der Waals surface area contributed by atoms with Gasteiger partial charge in [0.05, 0.1) is 18.2 Å². The van der Waals surface area contributed by atoms with Crippen molar-refractivity contribution in [3.63, 3.8) is 0 Å². The van der Waals surface area contributed by atoms with Crippen molar-refractivity contribution in [3.8, 4) is 17.2 Å². The Labute approximate surface area is 177 Å². The number of fused-ring (bicyclic) bond motifs is 1. The number of para-hydroxylation sites is 1. The van der Waals surface area contributed by atoms with Crippen LogP contribution >= 0.6 is 0 Å². The van der Waals surface area contributed by atoms with Gasteiger partial charge in [0.15, 0.2) is 5.82 Å². The van der Waals surface area contributed by atoms with Crippen LogP contribution in [0.1, 0.15) is 24.6 Å². The number of ether oxygens (including phenoxy) is 1. The van der Waals surface area contributed by atoms with Crippen molar-refractivity contribution in [2.45, 2.75) is 25.3 Å². The van der Waals surface area contributed by atoms with Crippen molar-refractivity contribution >= 4 is 22.5 Å². The zero-order valence-electron chi connectivity index (χ0n) is 16.9. The Morgan fingerprint density at radius 2 is 1.97 bits per heavy atom. The molecule has 2 heterocycles. The van der Waals surface area contributed by atoms with Crippen LogP contribution in [-0.2, 0) is 11.3 Å². The first kappa shape index (κ1) is 19.0. The number of rotatable bonds is 6. The summed E-state index contributed by atoms with van der Waals surface area (Å²) >= 11 is 0. The van der Waals surface area contributed by atoms with E-state index in [1.807, 2.05) is 18.2 Å². The van der Waals surface area contributed by atoms with E-state index in [4.69, 9.17) is 9.26 Å². The van der Waals surface area contributed by atoms with Crippen molar-refractivity contribution in [3.05, 3.63) is 70.8 Å². The molecule has 2 aromatic carbocycles. The fraction of sp³-hybridized carbons (Fsp3) is 0.217. The van der Waals surface area contributed by atoms with Crippen LogP contribution in [0.5, 0.6) is 5.75 Å². The van der Waals surface area contributed by atoms with E-state index in [0.29, 0.717) is 40.2 Å². The Balaban J connectivity index is 1.46. The number of anilines is 1. The van der Waals surface area contributed by atoms with Gasteiger partial charge in [-0.3, -0.25) is 14.2 Å². The molecule has 31 heavy (non-hydrogen) atoms. The zero-order valence-corrected chi connectivity index (χ0v) is 16.9. The van der Waals surface area contributed by atoms with Gasteiger partial charge in [0.25, 0.3) is 11.4 Å². The van der Waals surface area contributed by atoms with Gasteiger partial charge in [-0.25, -0.2) is 0 Å². The first-order valence-corrected chi connectivity index (χ1v) is 10.0. The highest BCUT2D eigenvalue weighted by Gasteiger charge is 2.29. The standard InChI is InChI=1S/C23H20N4O4/c1-30-16-10-8-15(9-11-16)24-20(28)13-27-19-5-3-2-4-17(19)18(12-21(27)29)23-25-22(26-31-23)14-6-7-14/h2-5,8-12,14H,6-7,13H2,1H3,(H,24,28). The van der Waals surface area contributed by atoms with Gasteiger partial charge >= 0.3 is 0 Å². The lowest BCUT2D eigenvalue weighted by molar-refractivity contribution is -0.116. The molecule has 0 radical (unpaired) electrons. The van der Waals surface area contributed by atoms with Crippen molar-refractivity contribution in [2.24, 2.45) is 0 Å². The van der Waals surface area contributed by atoms with Gasteiger partial charge in [-0.05, 0) is 43.2 Å². The number of benzene rings is 2. The third-order valence-corrected chi connectivity index (χ3v) is 5.31. The normalized spacial score (nSPS) is 13.3. The Hall–Kier alpha value is -3.94. The summed E-state index contributed by atoms with van der Waals surface area (Å²) < 4.78 is 12.0. The summed E-state index contributed by atoms with van der Waals surface area (Å²) in [5, 5.41) is 7.63. The van der Waals surface area contributed by atoms with Gasteiger partial charge in [0.2, 0.25) is 5.91 Å². The lowest BCUT2D eigenvalue weighted by Crippen LogP contribution is -2.27. The van der Waals surface area contributed by atoms with Gasteiger partial charge in [0, 0.05) is 23.1 Å². The summed E-state index contributed by atoms with van der Waals surface area (Å²) in [5.74, 6) is 1.75. The second-order valence-corrected chi connectivity index (χ2v) is 7.51. The molecule has 5 rings (SSSR count). The van der Waals surface area contributed by atoms with Crippen LogP contribution in [0, 0.1) is 0 Å². The van der Waals surface area contributed by atoms with Gasteiger partial charge in [-0.15, -0.1) is 0 Å². The first-order chi connectivity index (χ1) is 15.1.